The molecule has 0 spiro atoms. The lowest BCUT2D eigenvalue weighted by molar-refractivity contribution is -0.160. The van der Waals surface area contributed by atoms with E-state index in [9.17, 15) is 13.6 Å². The van der Waals surface area contributed by atoms with Crippen LogP contribution in [0.25, 0.3) is 0 Å². The third-order valence-electron chi connectivity index (χ3n) is 6.65. The first-order valence-electron chi connectivity index (χ1n) is 13.4. The van der Waals surface area contributed by atoms with E-state index in [2.05, 4.69) is 13.0 Å². The van der Waals surface area contributed by atoms with Gasteiger partial charge in [-0.05, 0) is 57.1 Å². The van der Waals surface area contributed by atoms with Crippen molar-refractivity contribution in [2.45, 2.75) is 116 Å². The summed E-state index contributed by atoms with van der Waals surface area (Å²) in [6.45, 7) is 3.80. The van der Waals surface area contributed by atoms with Crippen molar-refractivity contribution >= 4 is 5.97 Å². The number of hydrogen-bond donors (Lipinski definition) is 0. The predicted octanol–water partition coefficient (Wildman–Crippen LogP) is 8.32. The molecular formula is C29H44F2O3. The maximum absolute atomic E-state index is 15.0. The molecule has 1 aromatic carbocycles. The summed E-state index contributed by atoms with van der Waals surface area (Å²) < 4.78 is 40.5. The van der Waals surface area contributed by atoms with Gasteiger partial charge in [0.2, 0.25) is 0 Å². The number of alkyl halides is 2. The van der Waals surface area contributed by atoms with E-state index < -0.39 is 31.0 Å². The largest absolute Gasteiger partial charge is 0.490 e. The Bertz CT molecular complexity index is 707. The van der Waals surface area contributed by atoms with E-state index in [4.69, 9.17) is 9.47 Å². The number of para-hydroxylation sites is 1. The summed E-state index contributed by atoms with van der Waals surface area (Å²) in [4.78, 5) is 12.8. The molecule has 0 aliphatic heterocycles. The number of carbonyl (C=O) groups is 1. The molecule has 0 aromatic heterocycles. The number of rotatable bonds is 17. The number of unbranched alkanes of at least 4 members (excludes halogenated alkanes) is 6. The van der Waals surface area contributed by atoms with Gasteiger partial charge in [0.1, 0.15) is 18.5 Å². The minimum atomic E-state index is -1.90. The molecule has 1 aliphatic carbocycles. The van der Waals surface area contributed by atoms with Crippen molar-refractivity contribution in [1.29, 1.82) is 0 Å². The van der Waals surface area contributed by atoms with Crippen LogP contribution in [-0.2, 0) is 9.53 Å². The Morgan fingerprint density at radius 1 is 1.00 bits per heavy atom. The number of hydrogen-bond acceptors (Lipinski definition) is 3. The van der Waals surface area contributed by atoms with E-state index in [1.165, 1.54) is 44.1 Å². The molecule has 0 fully saturated rings. The van der Waals surface area contributed by atoms with Crippen molar-refractivity contribution < 1.29 is 23.0 Å². The van der Waals surface area contributed by atoms with Crippen molar-refractivity contribution in [3.63, 3.8) is 0 Å². The number of halogens is 2. The summed E-state index contributed by atoms with van der Waals surface area (Å²) >= 11 is 0. The Morgan fingerprint density at radius 3 is 2.38 bits per heavy atom. The van der Waals surface area contributed by atoms with Crippen LogP contribution in [0.15, 0.2) is 42.0 Å². The first kappa shape index (κ1) is 28.3. The second-order valence-corrected chi connectivity index (χ2v) is 9.55. The highest BCUT2D eigenvalue weighted by Gasteiger charge is 2.35. The van der Waals surface area contributed by atoms with Gasteiger partial charge in [-0.2, -0.15) is 0 Å². The number of esters is 1. The van der Waals surface area contributed by atoms with Gasteiger partial charge in [0.05, 0.1) is 5.92 Å². The summed E-state index contributed by atoms with van der Waals surface area (Å²) in [5.74, 6) is -0.164. The average molecular weight is 479 g/mol. The van der Waals surface area contributed by atoms with Crippen molar-refractivity contribution in [3.8, 4) is 5.75 Å². The number of allylic oxidation sites excluding steroid dienone is 2. The highest BCUT2D eigenvalue weighted by molar-refractivity contribution is 5.73. The van der Waals surface area contributed by atoms with Gasteiger partial charge in [-0.1, -0.05) is 82.2 Å². The van der Waals surface area contributed by atoms with Crippen LogP contribution in [0.2, 0.25) is 0 Å². The third kappa shape index (κ3) is 10.6. The van der Waals surface area contributed by atoms with Gasteiger partial charge in [-0.25, -0.2) is 8.78 Å². The molecule has 4 atom stereocenters. The molecule has 0 bridgehead atoms. The molecule has 0 heterocycles. The van der Waals surface area contributed by atoms with Gasteiger partial charge in [0.25, 0.3) is 0 Å². The Morgan fingerprint density at radius 2 is 1.71 bits per heavy atom. The maximum atomic E-state index is 15.0. The molecule has 0 saturated heterocycles. The van der Waals surface area contributed by atoms with Gasteiger partial charge in [0.15, 0.2) is 12.3 Å². The third-order valence-corrected chi connectivity index (χ3v) is 6.65. The molecule has 0 saturated carbocycles. The van der Waals surface area contributed by atoms with Crippen LogP contribution in [0.1, 0.15) is 97.3 Å². The van der Waals surface area contributed by atoms with Crippen LogP contribution in [0.4, 0.5) is 8.78 Å². The maximum Gasteiger partial charge on any atom is 0.309 e. The summed E-state index contributed by atoms with van der Waals surface area (Å²) in [5, 5.41) is 0. The SMILES string of the molecule is CCCCCCCCC1=CCC(C(=O)OC(CCCC)C(F)C(F)COc2ccccc2)CC1. The van der Waals surface area contributed by atoms with Crippen LogP contribution < -0.4 is 4.74 Å². The summed E-state index contributed by atoms with van der Waals surface area (Å²) in [6, 6.07) is 8.78. The van der Waals surface area contributed by atoms with E-state index in [0.29, 0.717) is 25.0 Å². The molecule has 1 aliphatic rings. The van der Waals surface area contributed by atoms with Crippen LogP contribution in [0, 0.1) is 5.92 Å². The second kappa shape index (κ2) is 16.7. The van der Waals surface area contributed by atoms with Crippen LogP contribution in [0.3, 0.4) is 0 Å². The van der Waals surface area contributed by atoms with Crippen molar-refractivity contribution in [1.82, 2.24) is 0 Å². The average Bonchev–Trinajstić information content (AvgIpc) is 2.87. The Kier molecular flexibility index (Phi) is 13.9. The van der Waals surface area contributed by atoms with Gasteiger partial charge in [-0.15, -0.1) is 0 Å². The Labute approximate surface area is 205 Å². The molecule has 192 valence electrons. The standard InChI is InChI=1S/C29H44F2O3/c1-3-5-7-8-9-11-14-23-18-20-24(21-19-23)29(32)34-27(17-6-4-2)28(31)26(30)22-33-25-15-12-10-13-16-25/h10,12-13,15-16,18,24,26-28H,3-9,11,14,17,19-22H2,1-2H3. The molecule has 34 heavy (non-hydrogen) atoms. The Balaban J connectivity index is 1.79. The van der Waals surface area contributed by atoms with E-state index in [1.54, 1.807) is 24.3 Å². The normalized spacial score (nSPS) is 18.6. The van der Waals surface area contributed by atoms with E-state index in [1.807, 2.05) is 13.0 Å². The van der Waals surface area contributed by atoms with E-state index in [0.717, 1.165) is 25.7 Å². The quantitative estimate of drug-likeness (QED) is 0.128. The van der Waals surface area contributed by atoms with Crippen molar-refractivity contribution in [3.05, 3.63) is 42.0 Å². The van der Waals surface area contributed by atoms with Crippen molar-refractivity contribution in [2.75, 3.05) is 6.61 Å². The fourth-order valence-corrected chi connectivity index (χ4v) is 4.41. The van der Waals surface area contributed by atoms with Crippen LogP contribution >= 0.6 is 0 Å². The summed E-state index contributed by atoms with van der Waals surface area (Å²) in [7, 11) is 0. The van der Waals surface area contributed by atoms with Gasteiger partial charge >= 0.3 is 5.97 Å². The molecule has 0 radical (unpaired) electrons. The zero-order valence-electron chi connectivity index (χ0n) is 21.2. The smallest absolute Gasteiger partial charge is 0.309 e. The fraction of sp³-hybridized carbons (Fsp3) is 0.690. The lowest BCUT2D eigenvalue weighted by atomic mass is 9.87. The number of ether oxygens (including phenoxy) is 2. The van der Waals surface area contributed by atoms with Crippen molar-refractivity contribution in [2.24, 2.45) is 5.92 Å². The number of benzene rings is 1. The molecule has 1 aromatic rings. The molecule has 0 amide bonds. The lowest BCUT2D eigenvalue weighted by Gasteiger charge is -2.27. The monoisotopic (exact) mass is 478 g/mol. The summed E-state index contributed by atoms with van der Waals surface area (Å²) in [6.07, 6.45) is 10.2. The van der Waals surface area contributed by atoms with Gasteiger partial charge < -0.3 is 9.47 Å². The highest BCUT2D eigenvalue weighted by atomic mass is 19.2. The van der Waals surface area contributed by atoms with Crippen LogP contribution in [0.5, 0.6) is 5.75 Å². The summed E-state index contributed by atoms with van der Waals surface area (Å²) in [5.41, 5.74) is 1.42. The highest BCUT2D eigenvalue weighted by Crippen LogP contribution is 2.29. The van der Waals surface area contributed by atoms with Crippen LogP contribution in [-0.4, -0.2) is 31.0 Å². The zero-order chi connectivity index (χ0) is 24.6. The molecular weight excluding hydrogens is 434 g/mol. The first-order valence-corrected chi connectivity index (χ1v) is 13.4. The molecule has 4 unspecified atom stereocenters. The minimum absolute atomic E-state index is 0.261. The minimum Gasteiger partial charge on any atom is -0.490 e. The molecule has 2 rings (SSSR count). The molecule has 5 heteroatoms. The Hall–Kier alpha value is -1.91. The van der Waals surface area contributed by atoms with E-state index >= 15 is 0 Å². The van der Waals surface area contributed by atoms with Gasteiger partial charge in [-0.3, -0.25) is 4.79 Å². The molecule has 3 nitrogen and oxygen atoms in total. The first-order chi connectivity index (χ1) is 16.5. The predicted molar refractivity (Wildman–Crippen MR) is 135 cm³/mol. The van der Waals surface area contributed by atoms with E-state index in [-0.39, 0.29) is 5.92 Å². The zero-order valence-corrected chi connectivity index (χ0v) is 21.2. The lowest BCUT2D eigenvalue weighted by Crippen LogP contribution is -2.39. The molecule has 0 N–H and O–H groups in total. The van der Waals surface area contributed by atoms with Gasteiger partial charge in [0, 0.05) is 0 Å². The topological polar surface area (TPSA) is 35.5 Å². The fourth-order valence-electron chi connectivity index (χ4n) is 4.41. The second-order valence-electron chi connectivity index (χ2n) is 9.55. The number of carbonyl (C=O) groups excluding carboxylic acids is 1.